The molecule has 0 aliphatic rings. The molecule has 1 aromatic heterocycles. The van der Waals surface area contributed by atoms with E-state index in [2.05, 4.69) is 10.3 Å². The van der Waals surface area contributed by atoms with Crippen molar-refractivity contribution in [1.82, 2.24) is 4.98 Å². The number of hydrogen-bond donors (Lipinski definition) is 1. The lowest BCUT2D eigenvalue weighted by Gasteiger charge is -2.12. The first kappa shape index (κ1) is 13.8. The lowest BCUT2D eigenvalue weighted by atomic mass is 10.1. The molecule has 0 fully saturated rings. The summed E-state index contributed by atoms with van der Waals surface area (Å²) in [5, 5.41) is 11.3. The highest BCUT2D eigenvalue weighted by Gasteiger charge is 2.33. The quantitative estimate of drug-likeness (QED) is 0.671. The predicted molar refractivity (Wildman–Crippen MR) is 63.6 cm³/mol. The fourth-order valence-corrected chi connectivity index (χ4v) is 1.60. The van der Waals surface area contributed by atoms with Crippen LogP contribution >= 0.6 is 0 Å². The Bertz CT molecular complexity index is 674. The van der Waals surface area contributed by atoms with Gasteiger partial charge in [0.1, 0.15) is 0 Å². The molecule has 0 unspecified atom stereocenters. The van der Waals surface area contributed by atoms with Crippen LogP contribution in [0.1, 0.15) is 11.1 Å². The zero-order chi connectivity index (χ0) is 14.8. The number of alkyl halides is 3. The number of hydrogen-bond acceptors (Lipinski definition) is 3. The monoisotopic (exact) mass is 281 g/mol. The number of halogens is 4. The van der Waals surface area contributed by atoms with E-state index in [9.17, 15) is 17.6 Å². The molecule has 0 radical (unpaired) electrons. The van der Waals surface area contributed by atoms with Crippen molar-refractivity contribution < 1.29 is 17.6 Å². The van der Waals surface area contributed by atoms with Crippen molar-refractivity contribution in [3.63, 3.8) is 0 Å². The zero-order valence-corrected chi connectivity index (χ0v) is 9.87. The second-order valence-corrected chi connectivity index (χ2v) is 3.86. The van der Waals surface area contributed by atoms with Crippen molar-refractivity contribution in [2.45, 2.75) is 6.18 Å². The summed E-state index contributed by atoms with van der Waals surface area (Å²) in [5.74, 6) is -0.750. The molecule has 0 saturated carbocycles. The van der Waals surface area contributed by atoms with Gasteiger partial charge >= 0.3 is 6.18 Å². The van der Waals surface area contributed by atoms with Gasteiger partial charge in [0.15, 0.2) is 0 Å². The standard InChI is InChI=1S/C13H7F4N3/c14-12-6-10(3-4-19-12)20-9-2-1-8(7-18)11(5-9)13(15,16)17/h1-6H,(H,19,20). The van der Waals surface area contributed by atoms with Crippen LogP contribution < -0.4 is 5.32 Å². The topological polar surface area (TPSA) is 48.7 Å². The number of benzene rings is 1. The second kappa shape index (κ2) is 5.17. The number of rotatable bonds is 2. The van der Waals surface area contributed by atoms with E-state index >= 15 is 0 Å². The van der Waals surface area contributed by atoms with Crippen LogP contribution in [0.4, 0.5) is 28.9 Å². The fraction of sp³-hybridized carbons (Fsp3) is 0.0769. The molecule has 7 heteroatoms. The third kappa shape index (κ3) is 3.03. The maximum atomic E-state index is 12.9. The van der Waals surface area contributed by atoms with Crippen LogP contribution in [0, 0.1) is 17.3 Å². The van der Waals surface area contributed by atoms with E-state index in [1.807, 2.05) is 0 Å². The van der Waals surface area contributed by atoms with Crippen LogP contribution in [0.15, 0.2) is 36.5 Å². The number of nitrogens with one attached hydrogen (secondary N) is 1. The van der Waals surface area contributed by atoms with Gasteiger partial charge in [0.25, 0.3) is 0 Å². The second-order valence-electron chi connectivity index (χ2n) is 3.86. The highest BCUT2D eigenvalue weighted by molar-refractivity contribution is 5.62. The maximum Gasteiger partial charge on any atom is 0.417 e. The molecule has 0 spiro atoms. The molecule has 0 amide bonds. The van der Waals surface area contributed by atoms with Gasteiger partial charge in [-0.25, -0.2) is 4.98 Å². The summed E-state index contributed by atoms with van der Waals surface area (Å²) < 4.78 is 51.2. The summed E-state index contributed by atoms with van der Waals surface area (Å²) in [7, 11) is 0. The van der Waals surface area contributed by atoms with Gasteiger partial charge in [0.05, 0.1) is 17.2 Å². The Kier molecular flexibility index (Phi) is 3.57. The van der Waals surface area contributed by atoms with Crippen LogP contribution in [0.3, 0.4) is 0 Å². The van der Waals surface area contributed by atoms with Crippen molar-refractivity contribution in [2.24, 2.45) is 0 Å². The highest BCUT2D eigenvalue weighted by Crippen LogP contribution is 2.34. The molecule has 0 saturated heterocycles. The third-order valence-electron chi connectivity index (χ3n) is 2.46. The predicted octanol–water partition coefficient (Wildman–Crippen LogP) is 3.85. The number of aromatic nitrogens is 1. The van der Waals surface area contributed by atoms with Crippen molar-refractivity contribution in [2.75, 3.05) is 5.32 Å². The minimum Gasteiger partial charge on any atom is -0.355 e. The number of nitriles is 1. The summed E-state index contributed by atoms with van der Waals surface area (Å²) in [6.45, 7) is 0. The Morgan fingerprint density at radius 1 is 1.10 bits per heavy atom. The average Bonchev–Trinajstić information content (AvgIpc) is 2.37. The van der Waals surface area contributed by atoms with E-state index in [4.69, 9.17) is 5.26 Å². The Morgan fingerprint density at radius 2 is 1.80 bits per heavy atom. The minimum absolute atomic E-state index is 0.0990. The molecule has 1 aromatic carbocycles. The molecule has 0 aliphatic heterocycles. The SMILES string of the molecule is N#Cc1ccc(Nc2ccnc(F)c2)cc1C(F)(F)F. The maximum absolute atomic E-state index is 12.9. The van der Waals surface area contributed by atoms with Crippen molar-refractivity contribution >= 4 is 11.4 Å². The molecule has 1 N–H and O–H groups in total. The highest BCUT2D eigenvalue weighted by atomic mass is 19.4. The van der Waals surface area contributed by atoms with Gasteiger partial charge in [-0.2, -0.15) is 22.8 Å². The lowest BCUT2D eigenvalue weighted by molar-refractivity contribution is -0.137. The normalized spacial score (nSPS) is 10.9. The van der Waals surface area contributed by atoms with Gasteiger partial charge < -0.3 is 5.32 Å². The van der Waals surface area contributed by atoms with E-state index in [-0.39, 0.29) is 11.4 Å². The van der Waals surface area contributed by atoms with Crippen LogP contribution in [-0.2, 0) is 6.18 Å². The van der Waals surface area contributed by atoms with Crippen LogP contribution in [0.5, 0.6) is 0 Å². The van der Waals surface area contributed by atoms with Crippen molar-refractivity contribution in [1.29, 1.82) is 5.26 Å². The van der Waals surface area contributed by atoms with E-state index in [0.29, 0.717) is 0 Å². The fourth-order valence-electron chi connectivity index (χ4n) is 1.60. The molecule has 2 rings (SSSR count). The number of anilines is 2. The van der Waals surface area contributed by atoms with Gasteiger partial charge in [-0.3, -0.25) is 0 Å². The van der Waals surface area contributed by atoms with Gasteiger partial charge in [-0.15, -0.1) is 0 Å². The average molecular weight is 281 g/mol. The van der Waals surface area contributed by atoms with Gasteiger partial charge in [-0.1, -0.05) is 0 Å². The van der Waals surface area contributed by atoms with Crippen molar-refractivity contribution in [3.05, 3.63) is 53.6 Å². The summed E-state index contributed by atoms with van der Waals surface area (Å²) in [6, 6.07) is 7.12. The van der Waals surface area contributed by atoms with E-state index in [1.54, 1.807) is 0 Å². The number of nitrogens with zero attached hydrogens (tertiary/aromatic N) is 2. The Hall–Kier alpha value is -2.62. The molecule has 20 heavy (non-hydrogen) atoms. The first-order valence-electron chi connectivity index (χ1n) is 5.40. The third-order valence-corrected chi connectivity index (χ3v) is 2.46. The molecule has 102 valence electrons. The lowest BCUT2D eigenvalue weighted by Crippen LogP contribution is -2.08. The molecule has 2 aromatic rings. The Balaban J connectivity index is 2.37. The molecular weight excluding hydrogens is 274 g/mol. The number of pyridine rings is 1. The first-order chi connectivity index (χ1) is 9.40. The molecular formula is C13H7F4N3. The molecule has 3 nitrogen and oxygen atoms in total. The van der Waals surface area contributed by atoms with E-state index < -0.39 is 23.3 Å². The molecule has 1 heterocycles. The largest absolute Gasteiger partial charge is 0.417 e. The zero-order valence-electron chi connectivity index (χ0n) is 9.87. The van der Waals surface area contributed by atoms with E-state index in [1.165, 1.54) is 24.4 Å². The Morgan fingerprint density at radius 3 is 2.40 bits per heavy atom. The molecule has 0 aliphatic carbocycles. The smallest absolute Gasteiger partial charge is 0.355 e. The van der Waals surface area contributed by atoms with Crippen LogP contribution in [0.25, 0.3) is 0 Å². The van der Waals surface area contributed by atoms with Crippen molar-refractivity contribution in [3.8, 4) is 6.07 Å². The van der Waals surface area contributed by atoms with Crippen LogP contribution in [-0.4, -0.2) is 4.98 Å². The summed E-state index contributed by atoms with van der Waals surface area (Å²) in [6.07, 6.45) is -3.45. The van der Waals surface area contributed by atoms with Gasteiger partial charge in [0.2, 0.25) is 5.95 Å². The van der Waals surface area contributed by atoms with Crippen LogP contribution in [0.2, 0.25) is 0 Å². The molecule has 0 bridgehead atoms. The Labute approximate surface area is 111 Å². The molecule has 0 atom stereocenters. The minimum atomic E-state index is -4.63. The first-order valence-corrected chi connectivity index (χ1v) is 5.40. The summed E-state index contributed by atoms with van der Waals surface area (Å²) in [5.41, 5.74) is -1.15. The summed E-state index contributed by atoms with van der Waals surface area (Å²) in [4.78, 5) is 3.34. The van der Waals surface area contributed by atoms with Gasteiger partial charge in [-0.05, 0) is 24.3 Å². The van der Waals surface area contributed by atoms with E-state index in [0.717, 1.165) is 18.2 Å². The summed E-state index contributed by atoms with van der Waals surface area (Å²) >= 11 is 0. The van der Waals surface area contributed by atoms with Gasteiger partial charge in [0, 0.05) is 23.6 Å².